The van der Waals surface area contributed by atoms with Crippen molar-refractivity contribution in [1.29, 1.82) is 0 Å². The minimum absolute atomic E-state index is 0.0398. The topological polar surface area (TPSA) is 82.2 Å². The van der Waals surface area contributed by atoms with Crippen LogP contribution in [0.15, 0.2) is 51.8 Å². The Hall–Kier alpha value is -2.27. The highest BCUT2D eigenvalue weighted by atomic mass is 79.9. The molecule has 2 aliphatic heterocycles. The molecule has 3 amide bonds. The van der Waals surface area contributed by atoms with E-state index in [1.54, 1.807) is 24.1 Å². The summed E-state index contributed by atoms with van der Waals surface area (Å²) < 4.78 is 8.55. The number of carbonyl (C=O) groups is 3. The zero-order valence-electron chi connectivity index (χ0n) is 19.6. The van der Waals surface area contributed by atoms with Gasteiger partial charge in [-0.1, -0.05) is 39.7 Å². The normalized spacial score (nSPS) is 24.5. The van der Waals surface area contributed by atoms with Crippen molar-refractivity contribution < 1.29 is 19.1 Å². The molecular formula is C25H26BrClN4O4S. The predicted molar refractivity (Wildman–Crippen MR) is 141 cm³/mol. The van der Waals surface area contributed by atoms with Crippen LogP contribution in [0, 0.1) is 0 Å². The van der Waals surface area contributed by atoms with Crippen molar-refractivity contribution in [2.24, 2.45) is 0 Å². The molecule has 3 unspecified atom stereocenters. The molecule has 2 aromatic rings. The maximum Gasteiger partial charge on any atom is 0.248 e. The largest absolute Gasteiger partial charge is 0.496 e. The fourth-order valence-electron chi connectivity index (χ4n) is 4.86. The molecule has 1 aliphatic carbocycles. The first-order chi connectivity index (χ1) is 17.4. The molecule has 2 aromatic carbocycles. The molecule has 0 aromatic heterocycles. The molecule has 36 heavy (non-hydrogen) atoms. The van der Waals surface area contributed by atoms with Crippen molar-refractivity contribution >= 4 is 57.7 Å². The van der Waals surface area contributed by atoms with E-state index in [-0.39, 0.29) is 30.6 Å². The maximum absolute atomic E-state index is 13.7. The SMILES string of the molecule is COc1ccc(Cl)cc1SN1CC(NC=O)C(=O)N2C(Cc3ccc(Br)cc3)C(=O)N(C3CC3)CC12. The van der Waals surface area contributed by atoms with Gasteiger partial charge in [-0.2, -0.15) is 0 Å². The molecule has 0 bridgehead atoms. The summed E-state index contributed by atoms with van der Waals surface area (Å²) in [4.78, 5) is 43.2. The Morgan fingerprint density at radius 1 is 1.14 bits per heavy atom. The number of amides is 3. The third-order valence-electron chi connectivity index (χ3n) is 6.77. The van der Waals surface area contributed by atoms with E-state index in [0.717, 1.165) is 27.8 Å². The molecule has 8 nitrogen and oxygen atoms in total. The number of nitrogens with zero attached hydrogens (tertiary/aromatic N) is 3. The minimum Gasteiger partial charge on any atom is -0.496 e. The van der Waals surface area contributed by atoms with Crippen molar-refractivity contribution in [2.75, 3.05) is 20.2 Å². The van der Waals surface area contributed by atoms with E-state index in [1.807, 2.05) is 35.2 Å². The Labute approximate surface area is 227 Å². The second-order valence-electron chi connectivity index (χ2n) is 9.12. The molecule has 2 heterocycles. The van der Waals surface area contributed by atoms with Gasteiger partial charge in [-0.3, -0.25) is 14.4 Å². The Balaban J connectivity index is 1.52. The summed E-state index contributed by atoms with van der Waals surface area (Å²) in [5.41, 5.74) is 0.960. The van der Waals surface area contributed by atoms with Gasteiger partial charge in [-0.05, 0) is 60.7 Å². The zero-order valence-corrected chi connectivity index (χ0v) is 22.8. The van der Waals surface area contributed by atoms with Crippen LogP contribution in [0.5, 0.6) is 5.75 Å². The quantitative estimate of drug-likeness (QED) is 0.374. The highest BCUT2D eigenvalue weighted by Gasteiger charge is 2.53. The fraction of sp³-hybridized carbons (Fsp3) is 0.400. The Kier molecular flexibility index (Phi) is 7.48. The first-order valence-electron chi connectivity index (χ1n) is 11.7. The molecule has 0 radical (unpaired) electrons. The standard InChI is InChI=1S/C25H26BrClN4O4S/c1-35-21-9-6-17(27)11-22(21)36-30-12-19(28-14-32)24(33)31-20(10-15-2-4-16(26)5-3-15)25(34)29(13-23(30)31)18-7-8-18/h2-6,9,11,14,18-20,23H,7-8,10,12-13H2,1H3,(H,28,32). The number of fused-ring (bicyclic) bond motifs is 1. The molecule has 3 aliphatic rings. The van der Waals surface area contributed by atoms with Gasteiger partial charge in [0.1, 0.15) is 24.0 Å². The summed E-state index contributed by atoms with van der Waals surface area (Å²) in [6.45, 7) is 0.701. The third kappa shape index (κ3) is 5.09. The summed E-state index contributed by atoms with van der Waals surface area (Å²) in [6, 6.07) is 11.9. The average molecular weight is 594 g/mol. The zero-order chi connectivity index (χ0) is 25.4. The van der Waals surface area contributed by atoms with Crippen LogP contribution in [0.25, 0.3) is 0 Å². The number of nitrogens with one attached hydrogen (secondary N) is 1. The molecule has 3 fully saturated rings. The number of rotatable bonds is 8. The predicted octanol–water partition coefficient (Wildman–Crippen LogP) is 3.32. The number of methoxy groups -OCH3 is 1. The number of carbonyl (C=O) groups excluding carboxylic acids is 3. The van der Waals surface area contributed by atoms with Gasteiger partial charge < -0.3 is 19.9 Å². The molecule has 11 heteroatoms. The van der Waals surface area contributed by atoms with E-state index >= 15 is 0 Å². The first-order valence-corrected chi connectivity index (χ1v) is 13.7. The van der Waals surface area contributed by atoms with Crippen LogP contribution in [-0.2, 0) is 20.8 Å². The Bertz CT molecular complexity index is 1170. The minimum atomic E-state index is -0.774. The van der Waals surface area contributed by atoms with Crippen molar-refractivity contribution in [3.63, 3.8) is 0 Å². The summed E-state index contributed by atoms with van der Waals surface area (Å²) in [7, 11) is 1.60. The second-order valence-corrected chi connectivity index (χ2v) is 11.6. The Morgan fingerprint density at radius 2 is 1.89 bits per heavy atom. The van der Waals surface area contributed by atoms with Crippen LogP contribution >= 0.6 is 39.5 Å². The number of hydrogen-bond donors (Lipinski definition) is 1. The van der Waals surface area contributed by atoms with Crippen LogP contribution in [0.1, 0.15) is 18.4 Å². The lowest BCUT2D eigenvalue weighted by molar-refractivity contribution is -0.167. The summed E-state index contributed by atoms with van der Waals surface area (Å²) in [5.74, 6) is 0.375. The number of halogens is 2. The lowest BCUT2D eigenvalue weighted by atomic mass is 9.97. The van der Waals surface area contributed by atoms with Crippen molar-refractivity contribution in [3.05, 3.63) is 57.5 Å². The smallest absolute Gasteiger partial charge is 0.248 e. The molecule has 190 valence electrons. The monoisotopic (exact) mass is 592 g/mol. The van der Waals surface area contributed by atoms with Gasteiger partial charge in [0.25, 0.3) is 0 Å². The van der Waals surface area contributed by atoms with E-state index in [9.17, 15) is 14.4 Å². The molecule has 1 saturated carbocycles. The van der Waals surface area contributed by atoms with Gasteiger partial charge >= 0.3 is 0 Å². The van der Waals surface area contributed by atoms with Gasteiger partial charge in [0.05, 0.1) is 18.6 Å². The van der Waals surface area contributed by atoms with Gasteiger partial charge in [0, 0.05) is 28.5 Å². The van der Waals surface area contributed by atoms with Crippen molar-refractivity contribution in [1.82, 2.24) is 19.4 Å². The van der Waals surface area contributed by atoms with Crippen molar-refractivity contribution in [3.8, 4) is 5.75 Å². The van der Waals surface area contributed by atoms with Crippen molar-refractivity contribution in [2.45, 2.75) is 48.4 Å². The molecule has 5 rings (SSSR count). The van der Waals surface area contributed by atoms with Crippen LogP contribution in [0.4, 0.5) is 0 Å². The highest BCUT2D eigenvalue weighted by Crippen LogP contribution is 2.41. The number of piperazine rings is 1. The first kappa shape index (κ1) is 25.4. The number of hydrogen-bond acceptors (Lipinski definition) is 6. The number of benzene rings is 2. The third-order valence-corrected chi connectivity index (χ3v) is 8.68. The lowest BCUT2D eigenvalue weighted by Gasteiger charge is -2.53. The highest BCUT2D eigenvalue weighted by molar-refractivity contribution is 9.10. The summed E-state index contributed by atoms with van der Waals surface area (Å²) in [6.07, 6.45) is 2.51. The van der Waals surface area contributed by atoms with Gasteiger partial charge in [-0.25, -0.2) is 4.31 Å². The van der Waals surface area contributed by atoms with Crippen LogP contribution in [0.2, 0.25) is 5.02 Å². The van der Waals surface area contributed by atoms with Gasteiger partial charge in [0.2, 0.25) is 18.2 Å². The fourth-order valence-corrected chi connectivity index (χ4v) is 6.55. The van der Waals surface area contributed by atoms with E-state index < -0.39 is 12.1 Å². The van der Waals surface area contributed by atoms with E-state index in [2.05, 4.69) is 25.6 Å². The van der Waals surface area contributed by atoms with Crippen LogP contribution < -0.4 is 10.1 Å². The summed E-state index contributed by atoms with van der Waals surface area (Å²) in [5, 5.41) is 3.23. The van der Waals surface area contributed by atoms with E-state index in [4.69, 9.17) is 16.3 Å². The van der Waals surface area contributed by atoms with Crippen LogP contribution in [-0.4, -0.2) is 76.8 Å². The second kappa shape index (κ2) is 10.6. The van der Waals surface area contributed by atoms with Gasteiger partial charge in [-0.15, -0.1) is 0 Å². The van der Waals surface area contributed by atoms with Gasteiger partial charge in [0.15, 0.2) is 0 Å². The summed E-state index contributed by atoms with van der Waals surface area (Å²) >= 11 is 11.2. The lowest BCUT2D eigenvalue weighted by Crippen LogP contribution is -2.74. The molecule has 0 spiro atoms. The number of ether oxygens (including phenoxy) is 1. The molecule has 3 atom stereocenters. The molecule has 2 saturated heterocycles. The van der Waals surface area contributed by atoms with E-state index in [1.165, 1.54) is 11.9 Å². The van der Waals surface area contributed by atoms with E-state index in [0.29, 0.717) is 30.1 Å². The Morgan fingerprint density at radius 3 is 2.56 bits per heavy atom. The maximum atomic E-state index is 13.7. The molecular weight excluding hydrogens is 568 g/mol. The average Bonchev–Trinajstić information content (AvgIpc) is 3.70. The molecule has 1 N–H and O–H groups in total. The van der Waals surface area contributed by atoms with Crippen LogP contribution in [0.3, 0.4) is 0 Å².